The van der Waals surface area contributed by atoms with Crippen molar-refractivity contribution in [1.29, 1.82) is 0 Å². The van der Waals surface area contributed by atoms with Crippen LogP contribution in [-0.2, 0) is 9.59 Å². The Kier molecular flexibility index (Phi) is 3.81. The molecular formula is C18H15FN2O3. The van der Waals surface area contributed by atoms with Crippen LogP contribution in [0.3, 0.4) is 0 Å². The van der Waals surface area contributed by atoms with Crippen molar-refractivity contribution < 1.29 is 19.1 Å². The van der Waals surface area contributed by atoms with Crippen molar-refractivity contribution >= 4 is 28.8 Å². The summed E-state index contributed by atoms with van der Waals surface area (Å²) in [5.41, 5.74) is 1.43. The number of amides is 2. The summed E-state index contributed by atoms with van der Waals surface area (Å²) in [7, 11) is 3.75. The van der Waals surface area contributed by atoms with Crippen molar-refractivity contribution in [1.82, 2.24) is 0 Å². The zero-order valence-electron chi connectivity index (χ0n) is 13.2. The van der Waals surface area contributed by atoms with E-state index in [0.717, 1.165) is 10.6 Å². The molecule has 0 unspecified atom stereocenters. The molecule has 2 aromatic carbocycles. The van der Waals surface area contributed by atoms with Crippen LogP contribution in [-0.4, -0.2) is 31.0 Å². The zero-order valence-corrected chi connectivity index (χ0v) is 13.2. The second-order valence-corrected chi connectivity index (χ2v) is 5.59. The first-order chi connectivity index (χ1) is 11.4. The standard InChI is InChI=1S/C18H15FN2O3/c1-20(2)13-7-9-14(10-8-13)21-17(23)15(16(22)18(21)24)11-3-5-12(19)6-4-11/h3-10,22H,1-2H3. The largest absolute Gasteiger partial charge is 0.502 e. The summed E-state index contributed by atoms with van der Waals surface area (Å²) in [6, 6.07) is 11.8. The minimum atomic E-state index is -0.795. The molecule has 5 nitrogen and oxygen atoms in total. The zero-order chi connectivity index (χ0) is 17.4. The predicted molar refractivity (Wildman–Crippen MR) is 89.2 cm³/mol. The minimum absolute atomic E-state index is 0.128. The van der Waals surface area contributed by atoms with Crippen LogP contribution in [0.15, 0.2) is 54.3 Å². The highest BCUT2D eigenvalue weighted by atomic mass is 19.1. The van der Waals surface area contributed by atoms with E-state index < -0.39 is 23.4 Å². The van der Waals surface area contributed by atoms with E-state index in [0.29, 0.717) is 11.3 Å². The summed E-state index contributed by atoms with van der Waals surface area (Å²) in [6.07, 6.45) is 0. The quantitative estimate of drug-likeness (QED) is 0.881. The van der Waals surface area contributed by atoms with Gasteiger partial charge in [-0.2, -0.15) is 0 Å². The Bertz CT molecular complexity index is 840. The number of carbonyl (C=O) groups excluding carboxylic acids is 2. The lowest BCUT2D eigenvalue weighted by atomic mass is 10.1. The van der Waals surface area contributed by atoms with Crippen LogP contribution < -0.4 is 9.80 Å². The molecule has 0 atom stereocenters. The molecule has 0 radical (unpaired) electrons. The van der Waals surface area contributed by atoms with Gasteiger partial charge in [0.25, 0.3) is 5.91 Å². The van der Waals surface area contributed by atoms with Crippen LogP contribution in [0, 0.1) is 5.82 Å². The number of imide groups is 1. The maximum atomic E-state index is 13.0. The fourth-order valence-electron chi connectivity index (χ4n) is 2.53. The third kappa shape index (κ3) is 2.52. The van der Waals surface area contributed by atoms with Gasteiger partial charge in [0.1, 0.15) is 5.82 Å². The second-order valence-electron chi connectivity index (χ2n) is 5.59. The minimum Gasteiger partial charge on any atom is -0.502 e. The first-order valence-electron chi connectivity index (χ1n) is 7.25. The number of benzene rings is 2. The number of hydrogen-bond acceptors (Lipinski definition) is 4. The lowest BCUT2D eigenvalue weighted by Crippen LogP contribution is -2.31. The predicted octanol–water partition coefficient (Wildman–Crippen LogP) is 2.73. The Hall–Kier alpha value is -3.15. The Morgan fingerprint density at radius 3 is 2.04 bits per heavy atom. The molecule has 0 fully saturated rings. The van der Waals surface area contributed by atoms with Crippen molar-refractivity contribution in [3.8, 4) is 0 Å². The molecule has 1 heterocycles. The number of carbonyl (C=O) groups is 2. The average Bonchev–Trinajstić information content (AvgIpc) is 2.78. The highest BCUT2D eigenvalue weighted by Crippen LogP contribution is 2.32. The Morgan fingerprint density at radius 1 is 0.917 bits per heavy atom. The molecule has 0 saturated heterocycles. The number of nitrogens with zero attached hydrogens (tertiary/aromatic N) is 2. The third-order valence-corrected chi connectivity index (χ3v) is 3.82. The van der Waals surface area contributed by atoms with Crippen LogP contribution in [0.25, 0.3) is 5.57 Å². The molecule has 24 heavy (non-hydrogen) atoms. The summed E-state index contributed by atoms with van der Waals surface area (Å²) in [5, 5.41) is 10.1. The molecule has 2 amide bonds. The fourth-order valence-corrected chi connectivity index (χ4v) is 2.53. The average molecular weight is 326 g/mol. The lowest BCUT2D eigenvalue weighted by molar-refractivity contribution is -0.121. The third-order valence-electron chi connectivity index (χ3n) is 3.82. The first kappa shape index (κ1) is 15.7. The summed E-state index contributed by atoms with van der Waals surface area (Å²) in [6.45, 7) is 0. The van der Waals surface area contributed by atoms with Crippen LogP contribution in [0.4, 0.5) is 15.8 Å². The summed E-state index contributed by atoms with van der Waals surface area (Å²) < 4.78 is 13.0. The molecule has 0 saturated carbocycles. The van der Waals surface area contributed by atoms with E-state index in [1.165, 1.54) is 24.3 Å². The van der Waals surface area contributed by atoms with E-state index >= 15 is 0 Å². The van der Waals surface area contributed by atoms with Crippen LogP contribution in [0.5, 0.6) is 0 Å². The highest BCUT2D eigenvalue weighted by molar-refractivity contribution is 6.44. The van der Waals surface area contributed by atoms with Gasteiger partial charge in [0.2, 0.25) is 0 Å². The van der Waals surface area contributed by atoms with Crippen molar-refractivity contribution in [3.05, 3.63) is 65.7 Å². The van der Waals surface area contributed by atoms with E-state index in [9.17, 15) is 19.1 Å². The van der Waals surface area contributed by atoms with Crippen LogP contribution >= 0.6 is 0 Å². The Labute approximate surface area is 138 Å². The van der Waals surface area contributed by atoms with Gasteiger partial charge in [-0.25, -0.2) is 9.29 Å². The maximum Gasteiger partial charge on any atom is 0.301 e. The van der Waals surface area contributed by atoms with E-state index in [4.69, 9.17) is 0 Å². The molecule has 3 rings (SSSR count). The molecule has 0 aliphatic carbocycles. The molecule has 122 valence electrons. The van der Waals surface area contributed by atoms with E-state index in [1.54, 1.807) is 24.3 Å². The number of hydrogen-bond donors (Lipinski definition) is 1. The summed E-state index contributed by atoms with van der Waals surface area (Å²) in [4.78, 5) is 27.7. The summed E-state index contributed by atoms with van der Waals surface area (Å²) in [5.74, 6) is -2.53. The highest BCUT2D eigenvalue weighted by Gasteiger charge is 2.40. The van der Waals surface area contributed by atoms with Gasteiger partial charge in [0.05, 0.1) is 11.3 Å². The molecular weight excluding hydrogens is 311 g/mol. The monoisotopic (exact) mass is 326 g/mol. The molecule has 2 aromatic rings. The van der Waals surface area contributed by atoms with Gasteiger partial charge in [0.15, 0.2) is 5.76 Å². The van der Waals surface area contributed by atoms with Gasteiger partial charge in [-0.05, 0) is 42.0 Å². The number of halogens is 1. The Morgan fingerprint density at radius 2 is 1.50 bits per heavy atom. The SMILES string of the molecule is CN(C)c1ccc(N2C(=O)C(O)=C(c3ccc(F)cc3)C2=O)cc1. The smallest absolute Gasteiger partial charge is 0.301 e. The van der Waals surface area contributed by atoms with Gasteiger partial charge in [-0.15, -0.1) is 0 Å². The number of anilines is 2. The van der Waals surface area contributed by atoms with Crippen LogP contribution in [0.2, 0.25) is 0 Å². The van der Waals surface area contributed by atoms with Gasteiger partial charge in [0, 0.05) is 19.8 Å². The molecule has 0 spiro atoms. The van der Waals surface area contributed by atoms with Crippen LogP contribution in [0.1, 0.15) is 5.56 Å². The lowest BCUT2D eigenvalue weighted by Gasteiger charge is -2.17. The number of aliphatic hydroxyl groups excluding tert-OH is 1. The normalized spacial score (nSPS) is 14.5. The number of aliphatic hydroxyl groups is 1. The molecule has 1 aliphatic rings. The van der Waals surface area contributed by atoms with Crippen molar-refractivity contribution in [2.24, 2.45) is 0 Å². The molecule has 0 aromatic heterocycles. The van der Waals surface area contributed by atoms with E-state index in [-0.39, 0.29) is 5.57 Å². The topological polar surface area (TPSA) is 60.9 Å². The molecule has 0 bridgehead atoms. The Balaban J connectivity index is 1.97. The summed E-state index contributed by atoms with van der Waals surface area (Å²) >= 11 is 0. The molecule has 6 heteroatoms. The van der Waals surface area contributed by atoms with Gasteiger partial charge < -0.3 is 10.0 Å². The van der Waals surface area contributed by atoms with Gasteiger partial charge >= 0.3 is 5.91 Å². The second kappa shape index (κ2) is 5.81. The van der Waals surface area contributed by atoms with Crippen molar-refractivity contribution in [2.45, 2.75) is 0 Å². The van der Waals surface area contributed by atoms with Gasteiger partial charge in [-0.1, -0.05) is 12.1 Å². The van der Waals surface area contributed by atoms with Crippen molar-refractivity contribution in [3.63, 3.8) is 0 Å². The van der Waals surface area contributed by atoms with Crippen molar-refractivity contribution in [2.75, 3.05) is 23.9 Å². The fraction of sp³-hybridized carbons (Fsp3) is 0.111. The molecule has 1 N–H and O–H groups in total. The van der Waals surface area contributed by atoms with E-state index in [1.807, 2.05) is 19.0 Å². The first-order valence-corrected chi connectivity index (χ1v) is 7.25. The van der Waals surface area contributed by atoms with Gasteiger partial charge in [-0.3, -0.25) is 9.59 Å². The van der Waals surface area contributed by atoms with E-state index in [2.05, 4.69) is 0 Å². The molecule has 1 aliphatic heterocycles. The maximum absolute atomic E-state index is 13.0. The number of rotatable bonds is 3.